The first-order valence-corrected chi connectivity index (χ1v) is 5.15. The van der Waals surface area contributed by atoms with Crippen LogP contribution in [-0.2, 0) is 0 Å². The van der Waals surface area contributed by atoms with Crippen molar-refractivity contribution in [1.29, 1.82) is 0 Å². The molecule has 0 fully saturated rings. The fraction of sp³-hybridized carbons (Fsp3) is 0.300. The number of hydrogen-bond acceptors (Lipinski definition) is 4. The van der Waals surface area contributed by atoms with E-state index in [0.29, 0.717) is 5.65 Å². The quantitative estimate of drug-likeness (QED) is 0.574. The molecule has 2 aromatic heterocycles. The van der Waals surface area contributed by atoms with Gasteiger partial charge in [0.2, 0.25) is 0 Å². The zero-order chi connectivity index (χ0) is 11.0. The third kappa shape index (κ3) is 1.97. The second kappa shape index (κ2) is 3.81. The summed E-state index contributed by atoms with van der Waals surface area (Å²) in [4.78, 5) is 13.3. The third-order valence-electron chi connectivity index (χ3n) is 2.13. The molecule has 3 nitrogen and oxygen atoms in total. The van der Waals surface area contributed by atoms with Crippen molar-refractivity contribution in [2.24, 2.45) is 0 Å². The van der Waals surface area contributed by atoms with Gasteiger partial charge in [0.15, 0.2) is 13.5 Å². The van der Waals surface area contributed by atoms with E-state index in [1.807, 2.05) is 6.07 Å². The molecule has 0 spiro atoms. The topological polar surface area (TPSA) is 38.7 Å². The standard InChI is InChI=1S/C10H10BN3S/c1-5(2)8-7-3-6(15)4-12-9(7)14-10(11)13-8/h3-5,15H,1-2H3. The lowest BCUT2D eigenvalue weighted by Crippen LogP contribution is -2.17. The minimum atomic E-state index is 0.269. The zero-order valence-corrected chi connectivity index (χ0v) is 9.49. The number of fused-ring (bicyclic) bond motifs is 1. The monoisotopic (exact) mass is 215 g/mol. The van der Waals surface area contributed by atoms with Crippen molar-refractivity contribution in [2.45, 2.75) is 24.7 Å². The molecule has 0 unspecified atom stereocenters. The van der Waals surface area contributed by atoms with Crippen molar-refractivity contribution in [3.8, 4) is 0 Å². The highest BCUT2D eigenvalue weighted by molar-refractivity contribution is 7.80. The summed E-state index contributed by atoms with van der Waals surface area (Å²) in [6.07, 6.45) is 1.65. The van der Waals surface area contributed by atoms with Crippen molar-refractivity contribution in [1.82, 2.24) is 15.0 Å². The van der Waals surface area contributed by atoms with Gasteiger partial charge in [-0.15, -0.1) is 12.6 Å². The van der Waals surface area contributed by atoms with E-state index in [1.54, 1.807) is 6.20 Å². The van der Waals surface area contributed by atoms with Gasteiger partial charge in [-0.2, -0.15) is 0 Å². The van der Waals surface area contributed by atoms with Crippen molar-refractivity contribution >= 4 is 37.2 Å². The van der Waals surface area contributed by atoms with Gasteiger partial charge in [-0.05, 0) is 12.0 Å². The van der Waals surface area contributed by atoms with Crippen LogP contribution >= 0.6 is 12.6 Å². The Morgan fingerprint density at radius 3 is 2.73 bits per heavy atom. The molecule has 2 rings (SSSR count). The molecule has 0 bridgehead atoms. The highest BCUT2D eigenvalue weighted by Crippen LogP contribution is 2.21. The molecule has 2 aromatic rings. The summed E-state index contributed by atoms with van der Waals surface area (Å²) in [7, 11) is 5.62. The summed E-state index contributed by atoms with van der Waals surface area (Å²) in [5.41, 5.74) is 1.82. The highest BCUT2D eigenvalue weighted by atomic mass is 32.1. The molecule has 0 saturated carbocycles. The Hall–Kier alpha value is -1.10. The first-order chi connectivity index (χ1) is 7.08. The molecular weight excluding hydrogens is 205 g/mol. The summed E-state index contributed by atoms with van der Waals surface area (Å²) in [5, 5.41) is 0.923. The van der Waals surface area contributed by atoms with Crippen LogP contribution in [0.2, 0.25) is 0 Å². The fourth-order valence-corrected chi connectivity index (χ4v) is 1.67. The normalized spacial score (nSPS) is 11.2. The summed E-state index contributed by atoms with van der Waals surface area (Å²) >= 11 is 4.25. The van der Waals surface area contributed by atoms with Gasteiger partial charge in [0.25, 0.3) is 0 Å². The molecule has 0 atom stereocenters. The average molecular weight is 215 g/mol. The number of thiol groups is 1. The van der Waals surface area contributed by atoms with Crippen LogP contribution in [0.3, 0.4) is 0 Å². The van der Waals surface area contributed by atoms with Gasteiger partial charge in [0.1, 0.15) is 0 Å². The third-order valence-corrected chi connectivity index (χ3v) is 2.38. The van der Waals surface area contributed by atoms with E-state index in [4.69, 9.17) is 7.85 Å². The first-order valence-electron chi connectivity index (χ1n) is 4.70. The predicted octanol–water partition coefficient (Wildman–Crippen LogP) is 1.23. The van der Waals surface area contributed by atoms with E-state index < -0.39 is 0 Å². The van der Waals surface area contributed by atoms with Gasteiger partial charge in [-0.3, -0.25) is 0 Å². The molecule has 74 valence electrons. The lowest BCUT2D eigenvalue weighted by molar-refractivity contribution is 0.833. The Labute approximate surface area is 95.2 Å². The van der Waals surface area contributed by atoms with Gasteiger partial charge in [0, 0.05) is 16.5 Å². The highest BCUT2D eigenvalue weighted by Gasteiger charge is 2.09. The fourth-order valence-electron chi connectivity index (χ4n) is 1.48. The number of hydrogen-bond donors (Lipinski definition) is 1. The Kier molecular flexibility index (Phi) is 2.65. The summed E-state index contributed by atoms with van der Waals surface area (Å²) in [6.45, 7) is 4.12. The predicted molar refractivity (Wildman–Crippen MR) is 64.1 cm³/mol. The maximum Gasteiger partial charge on any atom is 0.170 e. The molecule has 5 heteroatoms. The molecule has 0 amide bonds. The Balaban J connectivity index is 2.81. The largest absolute Gasteiger partial charge is 0.249 e. The molecule has 0 aliphatic rings. The molecule has 0 saturated heterocycles. The number of pyridine rings is 1. The Morgan fingerprint density at radius 1 is 1.33 bits per heavy atom. The van der Waals surface area contributed by atoms with Crippen molar-refractivity contribution < 1.29 is 0 Å². The van der Waals surface area contributed by atoms with E-state index in [0.717, 1.165) is 16.0 Å². The lowest BCUT2D eigenvalue weighted by Gasteiger charge is -2.09. The van der Waals surface area contributed by atoms with Crippen molar-refractivity contribution in [2.75, 3.05) is 0 Å². The van der Waals surface area contributed by atoms with Gasteiger partial charge < -0.3 is 0 Å². The van der Waals surface area contributed by atoms with E-state index in [-0.39, 0.29) is 11.6 Å². The number of nitrogens with zero attached hydrogens (tertiary/aromatic N) is 3. The van der Waals surface area contributed by atoms with Crippen LogP contribution in [0.1, 0.15) is 25.5 Å². The molecule has 15 heavy (non-hydrogen) atoms. The molecular formula is C10H10BN3S. The van der Waals surface area contributed by atoms with Crippen LogP contribution in [0.15, 0.2) is 17.2 Å². The molecule has 0 aliphatic carbocycles. The Morgan fingerprint density at radius 2 is 2.07 bits per heavy atom. The lowest BCUT2D eigenvalue weighted by atomic mass is 10.0. The minimum absolute atomic E-state index is 0.269. The SMILES string of the molecule is [B]c1nc(C(C)C)c2cc(S)cnc2n1. The van der Waals surface area contributed by atoms with Crippen LogP contribution in [0.25, 0.3) is 11.0 Å². The van der Waals surface area contributed by atoms with Crippen LogP contribution in [-0.4, -0.2) is 22.8 Å². The van der Waals surface area contributed by atoms with Crippen LogP contribution in [0, 0.1) is 0 Å². The van der Waals surface area contributed by atoms with Crippen molar-refractivity contribution in [3.05, 3.63) is 18.0 Å². The van der Waals surface area contributed by atoms with E-state index in [9.17, 15) is 0 Å². The zero-order valence-electron chi connectivity index (χ0n) is 8.60. The Bertz CT molecular complexity index is 513. The average Bonchev–Trinajstić information content (AvgIpc) is 2.17. The minimum Gasteiger partial charge on any atom is -0.249 e. The van der Waals surface area contributed by atoms with E-state index >= 15 is 0 Å². The van der Waals surface area contributed by atoms with Crippen LogP contribution in [0.5, 0.6) is 0 Å². The second-order valence-electron chi connectivity index (χ2n) is 3.69. The molecule has 0 aromatic carbocycles. The van der Waals surface area contributed by atoms with Gasteiger partial charge in [0.05, 0.1) is 11.4 Å². The molecule has 0 N–H and O–H groups in total. The number of aromatic nitrogens is 3. The van der Waals surface area contributed by atoms with Crippen LogP contribution in [0.4, 0.5) is 0 Å². The molecule has 2 radical (unpaired) electrons. The van der Waals surface area contributed by atoms with E-state index in [1.165, 1.54) is 0 Å². The summed E-state index contributed by atoms with van der Waals surface area (Å²) in [6, 6.07) is 1.92. The maximum absolute atomic E-state index is 5.62. The van der Waals surface area contributed by atoms with Crippen molar-refractivity contribution in [3.63, 3.8) is 0 Å². The van der Waals surface area contributed by atoms with E-state index in [2.05, 4.69) is 41.4 Å². The van der Waals surface area contributed by atoms with Crippen LogP contribution < -0.4 is 5.72 Å². The smallest absolute Gasteiger partial charge is 0.170 e. The molecule has 0 aliphatic heterocycles. The molecule has 2 heterocycles. The summed E-state index contributed by atoms with van der Waals surface area (Å²) < 4.78 is 0. The van der Waals surface area contributed by atoms with Gasteiger partial charge >= 0.3 is 0 Å². The maximum atomic E-state index is 5.62. The number of rotatable bonds is 1. The van der Waals surface area contributed by atoms with Gasteiger partial charge in [-0.25, -0.2) is 15.0 Å². The van der Waals surface area contributed by atoms with Gasteiger partial charge in [-0.1, -0.05) is 13.8 Å². The first kappa shape index (κ1) is 10.4. The second-order valence-corrected chi connectivity index (χ2v) is 4.20. The summed E-state index contributed by atoms with van der Waals surface area (Å²) in [5.74, 6) is 0.287.